The van der Waals surface area contributed by atoms with E-state index in [1.54, 1.807) is 6.07 Å². The van der Waals surface area contributed by atoms with Gasteiger partial charge in [0.25, 0.3) is 0 Å². The zero-order chi connectivity index (χ0) is 24.7. The van der Waals surface area contributed by atoms with E-state index in [1.165, 1.54) is 4.90 Å². The summed E-state index contributed by atoms with van der Waals surface area (Å²) < 4.78 is 0. The second-order valence-electron chi connectivity index (χ2n) is 8.61. The van der Waals surface area contributed by atoms with E-state index in [-0.39, 0.29) is 25.4 Å². The predicted octanol–water partition coefficient (Wildman–Crippen LogP) is 2.10. The zero-order valence-electron chi connectivity index (χ0n) is 18.7. The van der Waals surface area contributed by atoms with E-state index in [4.69, 9.17) is 16.7 Å². The summed E-state index contributed by atoms with van der Waals surface area (Å²) in [7, 11) is 0. The lowest BCUT2D eigenvalue weighted by Crippen LogP contribution is -2.51. The van der Waals surface area contributed by atoms with Crippen molar-refractivity contribution in [3.63, 3.8) is 0 Å². The molecule has 0 aromatic heterocycles. The molecular weight excluding hydrogens is 460 g/mol. The van der Waals surface area contributed by atoms with Crippen molar-refractivity contribution in [2.75, 3.05) is 19.7 Å². The molecule has 1 aliphatic rings. The number of carboxylic acids is 1. The third-order valence-electron chi connectivity index (χ3n) is 5.98. The van der Waals surface area contributed by atoms with Crippen LogP contribution in [0.25, 0.3) is 11.1 Å². The minimum Gasteiger partial charge on any atom is -0.479 e. The van der Waals surface area contributed by atoms with Crippen molar-refractivity contribution >= 4 is 29.4 Å². The van der Waals surface area contributed by atoms with E-state index in [0.29, 0.717) is 24.5 Å². The number of rotatable bonds is 8. The minimum atomic E-state index is -1.68. The van der Waals surface area contributed by atoms with Crippen LogP contribution in [0, 0.1) is 5.92 Å². The molecule has 3 atom stereocenters. The van der Waals surface area contributed by atoms with E-state index >= 15 is 0 Å². The van der Waals surface area contributed by atoms with Crippen LogP contribution in [0.1, 0.15) is 24.8 Å². The average Bonchev–Trinajstić information content (AvgIpc) is 2.83. The number of benzene rings is 2. The van der Waals surface area contributed by atoms with Crippen LogP contribution < -0.4 is 5.32 Å². The number of likely N-dealkylation sites (tertiary alicyclic amines) is 1. The van der Waals surface area contributed by atoms with Crippen molar-refractivity contribution in [3.8, 4) is 11.1 Å². The van der Waals surface area contributed by atoms with Crippen LogP contribution >= 0.6 is 11.6 Å². The molecule has 8 nitrogen and oxygen atoms in total. The molecule has 1 heterocycles. The fourth-order valence-electron chi connectivity index (χ4n) is 4.14. The first-order valence-electron chi connectivity index (χ1n) is 11.2. The van der Waals surface area contributed by atoms with Gasteiger partial charge >= 0.3 is 17.8 Å². The lowest BCUT2D eigenvalue weighted by atomic mass is 9.97. The van der Waals surface area contributed by atoms with Crippen LogP contribution in [0.15, 0.2) is 48.5 Å². The smallest absolute Gasteiger partial charge is 0.332 e. The van der Waals surface area contributed by atoms with Crippen LogP contribution in [0.5, 0.6) is 0 Å². The highest BCUT2D eigenvalue weighted by Gasteiger charge is 2.30. The minimum absolute atomic E-state index is 0.0516. The number of piperidine rings is 1. The fourth-order valence-corrected chi connectivity index (χ4v) is 4.33. The molecule has 3 rings (SSSR count). The quantitative estimate of drug-likeness (QED) is 0.421. The van der Waals surface area contributed by atoms with Crippen LogP contribution in [0.3, 0.4) is 0 Å². The second kappa shape index (κ2) is 12.0. The lowest BCUT2D eigenvalue weighted by molar-refractivity contribution is -0.149. The van der Waals surface area contributed by atoms with Gasteiger partial charge in [0, 0.05) is 37.2 Å². The topological polar surface area (TPSA) is 127 Å². The molecule has 0 saturated carbocycles. The molecule has 1 aliphatic heterocycles. The number of carbonyl (C=O) groups excluding carboxylic acids is 2. The number of aliphatic carboxylic acids is 1. The molecule has 0 aliphatic carbocycles. The molecule has 2 aromatic rings. The first-order valence-corrected chi connectivity index (χ1v) is 11.6. The van der Waals surface area contributed by atoms with Gasteiger partial charge < -0.3 is 25.5 Å². The summed E-state index contributed by atoms with van der Waals surface area (Å²) in [6.45, 7) is 0.677. The maximum Gasteiger partial charge on any atom is 0.332 e. The highest BCUT2D eigenvalue weighted by molar-refractivity contribution is 6.35. The average molecular weight is 489 g/mol. The molecule has 0 bridgehead atoms. The van der Waals surface area contributed by atoms with Crippen LogP contribution in [0.4, 0.5) is 0 Å². The first-order chi connectivity index (χ1) is 16.3. The summed E-state index contributed by atoms with van der Waals surface area (Å²) in [6.07, 6.45) is -0.201. The molecule has 9 heteroatoms. The lowest BCUT2D eigenvalue weighted by Gasteiger charge is -2.31. The number of hydrogen-bond acceptors (Lipinski definition) is 5. The normalized spacial score (nSPS) is 17.6. The van der Waals surface area contributed by atoms with E-state index in [2.05, 4.69) is 5.32 Å². The van der Waals surface area contributed by atoms with Crippen molar-refractivity contribution in [2.24, 2.45) is 5.92 Å². The van der Waals surface area contributed by atoms with Gasteiger partial charge in [0.1, 0.15) is 0 Å². The van der Waals surface area contributed by atoms with Gasteiger partial charge in [0.15, 0.2) is 6.10 Å². The molecular formula is C25H29ClN2O6. The van der Waals surface area contributed by atoms with Crippen molar-refractivity contribution in [2.45, 2.75) is 37.8 Å². The molecule has 2 aromatic carbocycles. The van der Waals surface area contributed by atoms with Crippen molar-refractivity contribution in [1.29, 1.82) is 0 Å². The Hall–Kier alpha value is -2.94. The number of nitrogens with zero attached hydrogens (tertiary/aromatic N) is 1. The monoisotopic (exact) mass is 488 g/mol. The Bertz CT molecular complexity index is 1010. The molecule has 34 heavy (non-hydrogen) atoms. The highest BCUT2D eigenvalue weighted by atomic mass is 35.5. The number of hydrogen-bond donors (Lipinski definition) is 4. The number of aliphatic hydroxyl groups excluding tert-OH is 2. The van der Waals surface area contributed by atoms with Gasteiger partial charge in [0.05, 0.1) is 0 Å². The standard InChI is InChI=1S/C25H29ClN2O6/c26-20-5-1-4-19(12-20)18-8-6-16(7-9-18)11-21(13-22(30)25(33)34)27-23(31)24(32)28-10-2-3-17(14-28)15-29/h1,4-9,12,17,21-22,29-30H,2-3,10-11,13-15H2,(H,27,31)(H,33,34)/t17-,21+,22+/m0/s1. The molecule has 1 saturated heterocycles. The number of carbonyl (C=O) groups is 3. The first kappa shape index (κ1) is 25.7. The molecule has 1 fully saturated rings. The van der Waals surface area contributed by atoms with Crippen LogP contribution in [0.2, 0.25) is 5.02 Å². The molecule has 4 N–H and O–H groups in total. The summed E-state index contributed by atoms with van der Waals surface area (Å²) in [5, 5.41) is 31.6. The molecule has 0 unspecified atom stereocenters. The van der Waals surface area contributed by atoms with Gasteiger partial charge in [-0.1, -0.05) is 48.0 Å². The largest absolute Gasteiger partial charge is 0.479 e. The molecule has 2 amide bonds. The predicted molar refractivity (Wildman–Crippen MR) is 127 cm³/mol. The number of halogens is 1. The van der Waals surface area contributed by atoms with E-state index in [1.807, 2.05) is 42.5 Å². The highest BCUT2D eigenvalue weighted by Crippen LogP contribution is 2.23. The molecule has 0 spiro atoms. The maximum atomic E-state index is 12.7. The summed E-state index contributed by atoms with van der Waals surface area (Å²) >= 11 is 6.06. The van der Waals surface area contributed by atoms with Crippen molar-refractivity contribution < 1.29 is 29.7 Å². The number of aliphatic hydroxyl groups is 2. The summed E-state index contributed by atoms with van der Waals surface area (Å²) in [6, 6.07) is 14.1. The van der Waals surface area contributed by atoms with Gasteiger partial charge in [-0.25, -0.2) is 4.79 Å². The Morgan fingerprint density at radius 3 is 2.50 bits per heavy atom. The van der Waals surface area contributed by atoms with Crippen molar-refractivity contribution in [3.05, 3.63) is 59.1 Å². The number of carboxylic acid groups (broad SMARTS) is 1. The Morgan fingerprint density at radius 1 is 1.12 bits per heavy atom. The van der Waals surface area contributed by atoms with E-state index in [0.717, 1.165) is 23.1 Å². The Balaban J connectivity index is 1.69. The Morgan fingerprint density at radius 2 is 1.85 bits per heavy atom. The van der Waals surface area contributed by atoms with Crippen LogP contribution in [-0.4, -0.2) is 69.8 Å². The summed E-state index contributed by atoms with van der Waals surface area (Å²) in [4.78, 5) is 37.9. The fraction of sp³-hybridized carbons (Fsp3) is 0.400. The third kappa shape index (κ3) is 7.03. The zero-order valence-corrected chi connectivity index (χ0v) is 19.4. The van der Waals surface area contributed by atoms with Gasteiger partial charge in [-0.3, -0.25) is 9.59 Å². The molecule has 0 radical (unpaired) electrons. The summed E-state index contributed by atoms with van der Waals surface area (Å²) in [5.41, 5.74) is 2.69. The van der Waals surface area contributed by atoms with E-state index < -0.39 is 29.9 Å². The van der Waals surface area contributed by atoms with Gasteiger partial charge in [-0.2, -0.15) is 0 Å². The van der Waals surface area contributed by atoms with Gasteiger partial charge in [0.2, 0.25) is 0 Å². The second-order valence-corrected chi connectivity index (χ2v) is 9.05. The number of amides is 2. The maximum absolute atomic E-state index is 12.7. The Labute approximate surface area is 203 Å². The number of nitrogens with one attached hydrogen (secondary N) is 1. The van der Waals surface area contributed by atoms with Crippen molar-refractivity contribution in [1.82, 2.24) is 10.2 Å². The molecule has 182 valence electrons. The van der Waals surface area contributed by atoms with E-state index in [9.17, 15) is 24.6 Å². The summed E-state index contributed by atoms with van der Waals surface area (Å²) in [5.74, 6) is -3.03. The Kier molecular flexibility index (Phi) is 9.04. The van der Waals surface area contributed by atoms with Crippen LogP contribution in [-0.2, 0) is 20.8 Å². The third-order valence-corrected chi connectivity index (χ3v) is 6.22. The van der Waals surface area contributed by atoms with Gasteiger partial charge in [-0.05, 0) is 54.0 Å². The SMILES string of the molecule is O=C(N[C@H](Cc1ccc(-c2cccc(Cl)c2)cc1)C[C@@H](O)C(=O)O)C(=O)N1CCC[C@H](CO)C1. The van der Waals surface area contributed by atoms with Gasteiger partial charge in [-0.15, -0.1) is 0 Å².